The molecule has 0 bridgehead atoms. The van der Waals surface area contributed by atoms with Gasteiger partial charge in [0.15, 0.2) is 0 Å². The summed E-state index contributed by atoms with van der Waals surface area (Å²) < 4.78 is 6.03. The Labute approximate surface area is 97.8 Å². The van der Waals surface area contributed by atoms with Crippen molar-refractivity contribution in [1.29, 1.82) is 0 Å². The summed E-state index contributed by atoms with van der Waals surface area (Å²) in [5.74, 6) is 1.03. The molecule has 0 saturated heterocycles. The molecule has 2 rings (SSSR count). The van der Waals surface area contributed by atoms with E-state index < -0.39 is 0 Å². The fourth-order valence-corrected chi connectivity index (χ4v) is 2.32. The van der Waals surface area contributed by atoms with Gasteiger partial charge in [0.2, 0.25) is 0 Å². The molecule has 2 heteroatoms. The van der Waals surface area contributed by atoms with Crippen LogP contribution in [0, 0.1) is 20.8 Å². The summed E-state index contributed by atoms with van der Waals surface area (Å²) in [5, 5.41) is 0. The Kier molecular flexibility index (Phi) is 3.20. The highest BCUT2D eigenvalue weighted by atomic mass is 16.5. The van der Waals surface area contributed by atoms with E-state index in [0.717, 1.165) is 25.0 Å². The van der Waals surface area contributed by atoms with Gasteiger partial charge in [-0.15, -0.1) is 0 Å². The van der Waals surface area contributed by atoms with E-state index in [1.54, 1.807) is 0 Å². The van der Waals surface area contributed by atoms with E-state index in [1.807, 2.05) is 0 Å². The maximum atomic E-state index is 6.03. The van der Waals surface area contributed by atoms with Gasteiger partial charge in [0.05, 0.1) is 0 Å². The van der Waals surface area contributed by atoms with E-state index >= 15 is 0 Å². The van der Waals surface area contributed by atoms with Crippen LogP contribution < -0.4 is 10.5 Å². The number of hydrogen-bond acceptors (Lipinski definition) is 2. The fraction of sp³-hybridized carbons (Fsp3) is 0.571. The zero-order chi connectivity index (χ0) is 11.7. The third-order valence-electron chi connectivity index (χ3n) is 3.51. The van der Waals surface area contributed by atoms with Gasteiger partial charge >= 0.3 is 0 Å². The predicted molar refractivity (Wildman–Crippen MR) is 66.9 cm³/mol. The van der Waals surface area contributed by atoms with Gasteiger partial charge in [-0.05, 0) is 62.8 Å². The molecule has 2 N–H and O–H groups in total. The Bertz CT molecular complexity index is 387. The first-order valence-corrected chi connectivity index (χ1v) is 6.06. The average Bonchev–Trinajstić information content (AvgIpc) is 2.60. The van der Waals surface area contributed by atoms with Crippen molar-refractivity contribution < 1.29 is 4.74 Å². The Morgan fingerprint density at radius 3 is 2.38 bits per heavy atom. The molecule has 1 aliphatic rings. The Morgan fingerprint density at radius 2 is 1.75 bits per heavy atom. The van der Waals surface area contributed by atoms with Gasteiger partial charge in [-0.2, -0.15) is 0 Å². The zero-order valence-corrected chi connectivity index (χ0v) is 10.4. The second-order valence-electron chi connectivity index (χ2n) is 5.01. The first-order valence-electron chi connectivity index (χ1n) is 6.06. The normalized spacial score (nSPS) is 24.8. The molecule has 2 unspecified atom stereocenters. The summed E-state index contributed by atoms with van der Waals surface area (Å²) in [6.45, 7) is 6.37. The summed E-state index contributed by atoms with van der Waals surface area (Å²) in [4.78, 5) is 0. The van der Waals surface area contributed by atoms with Gasteiger partial charge in [0, 0.05) is 6.04 Å². The molecular formula is C14H21NO. The number of nitrogens with two attached hydrogens (primary N) is 1. The SMILES string of the molecule is Cc1cc(C)c(OC2CCC(N)C2)cc1C. The lowest BCUT2D eigenvalue weighted by Crippen LogP contribution is -2.19. The lowest BCUT2D eigenvalue weighted by Gasteiger charge is -2.17. The number of hydrogen-bond donors (Lipinski definition) is 1. The Hall–Kier alpha value is -1.02. The minimum Gasteiger partial charge on any atom is -0.490 e. The van der Waals surface area contributed by atoms with Crippen LogP contribution in [0.5, 0.6) is 5.75 Å². The second-order valence-corrected chi connectivity index (χ2v) is 5.01. The second kappa shape index (κ2) is 4.46. The van der Waals surface area contributed by atoms with Crippen molar-refractivity contribution in [1.82, 2.24) is 0 Å². The Balaban J connectivity index is 2.12. The standard InChI is InChI=1S/C14H21NO/c1-9-6-11(3)14(7-10(9)2)16-13-5-4-12(15)8-13/h6-7,12-13H,4-5,8,15H2,1-3H3. The van der Waals surface area contributed by atoms with Crippen LogP contribution in [0.2, 0.25) is 0 Å². The van der Waals surface area contributed by atoms with Crippen molar-refractivity contribution >= 4 is 0 Å². The minimum absolute atomic E-state index is 0.316. The quantitative estimate of drug-likeness (QED) is 0.830. The lowest BCUT2D eigenvalue weighted by molar-refractivity contribution is 0.206. The van der Waals surface area contributed by atoms with Crippen LogP contribution in [0.25, 0.3) is 0 Å². The fourth-order valence-electron chi connectivity index (χ4n) is 2.32. The van der Waals surface area contributed by atoms with Crippen LogP contribution in [0.15, 0.2) is 12.1 Å². The minimum atomic E-state index is 0.316. The molecule has 1 aromatic rings. The molecule has 0 radical (unpaired) electrons. The van der Waals surface area contributed by atoms with Gasteiger partial charge < -0.3 is 10.5 Å². The van der Waals surface area contributed by atoms with Gasteiger partial charge in [-0.3, -0.25) is 0 Å². The van der Waals surface area contributed by atoms with Crippen LogP contribution in [0.4, 0.5) is 0 Å². The first kappa shape index (κ1) is 11.5. The van der Waals surface area contributed by atoms with Gasteiger partial charge in [0.1, 0.15) is 11.9 Å². The molecule has 1 aromatic carbocycles. The van der Waals surface area contributed by atoms with Crippen LogP contribution in [-0.4, -0.2) is 12.1 Å². The van der Waals surface area contributed by atoms with Crippen molar-refractivity contribution in [2.45, 2.75) is 52.2 Å². The summed E-state index contributed by atoms with van der Waals surface area (Å²) in [7, 11) is 0. The molecule has 88 valence electrons. The number of ether oxygens (including phenoxy) is 1. The zero-order valence-electron chi connectivity index (χ0n) is 10.4. The molecule has 0 spiro atoms. The monoisotopic (exact) mass is 219 g/mol. The molecule has 0 aliphatic heterocycles. The highest BCUT2D eigenvalue weighted by Gasteiger charge is 2.23. The molecule has 0 heterocycles. The van der Waals surface area contributed by atoms with E-state index in [1.165, 1.54) is 16.7 Å². The molecule has 2 atom stereocenters. The molecule has 2 nitrogen and oxygen atoms in total. The van der Waals surface area contributed by atoms with Crippen molar-refractivity contribution in [3.8, 4) is 5.75 Å². The largest absolute Gasteiger partial charge is 0.490 e. The summed E-state index contributed by atoms with van der Waals surface area (Å²) in [6, 6.07) is 4.67. The van der Waals surface area contributed by atoms with E-state index in [2.05, 4.69) is 32.9 Å². The summed E-state index contributed by atoms with van der Waals surface area (Å²) in [5.41, 5.74) is 9.74. The third kappa shape index (κ3) is 2.38. The molecule has 1 saturated carbocycles. The van der Waals surface area contributed by atoms with Crippen LogP contribution in [0.3, 0.4) is 0 Å². The number of benzene rings is 1. The van der Waals surface area contributed by atoms with E-state index in [0.29, 0.717) is 12.1 Å². The smallest absolute Gasteiger partial charge is 0.122 e. The Morgan fingerprint density at radius 1 is 1.06 bits per heavy atom. The van der Waals surface area contributed by atoms with Crippen molar-refractivity contribution in [3.63, 3.8) is 0 Å². The van der Waals surface area contributed by atoms with Crippen LogP contribution >= 0.6 is 0 Å². The number of aryl methyl sites for hydroxylation is 3. The molecular weight excluding hydrogens is 198 g/mol. The maximum Gasteiger partial charge on any atom is 0.122 e. The molecule has 1 fully saturated rings. The highest BCUT2D eigenvalue weighted by molar-refractivity contribution is 5.41. The summed E-state index contributed by atoms with van der Waals surface area (Å²) >= 11 is 0. The van der Waals surface area contributed by atoms with E-state index in [9.17, 15) is 0 Å². The predicted octanol–water partition coefficient (Wildman–Crippen LogP) is 2.87. The van der Waals surface area contributed by atoms with Crippen molar-refractivity contribution in [2.75, 3.05) is 0 Å². The molecule has 0 amide bonds. The van der Waals surface area contributed by atoms with Crippen molar-refractivity contribution in [3.05, 3.63) is 28.8 Å². The highest BCUT2D eigenvalue weighted by Crippen LogP contribution is 2.28. The third-order valence-corrected chi connectivity index (χ3v) is 3.51. The molecule has 1 aliphatic carbocycles. The summed E-state index contributed by atoms with van der Waals surface area (Å²) in [6.07, 6.45) is 3.49. The first-order chi connectivity index (χ1) is 7.56. The van der Waals surface area contributed by atoms with Crippen molar-refractivity contribution in [2.24, 2.45) is 5.73 Å². The van der Waals surface area contributed by atoms with Gasteiger partial charge in [-0.1, -0.05) is 6.07 Å². The van der Waals surface area contributed by atoms with Crippen LogP contribution in [0.1, 0.15) is 36.0 Å². The van der Waals surface area contributed by atoms with Gasteiger partial charge in [-0.25, -0.2) is 0 Å². The van der Waals surface area contributed by atoms with E-state index in [4.69, 9.17) is 10.5 Å². The maximum absolute atomic E-state index is 6.03. The molecule has 0 aromatic heterocycles. The average molecular weight is 219 g/mol. The topological polar surface area (TPSA) is 35.2 Å². The lowest BCUT2D eigenvalue weighted by atomic mass is 10.1. The van der Waals surface area contributed by atoms with Gasteiger partial charge in [0.25, 0.3) is 0 Å². The van der Waals surface area contributed by atoms with E-state index in [-0.39, 0.29) is 0 Å². The number of rotatable bonds is 2. The molecule has 16 heavy (non-hydrogen) atoms. The van der Waals surface area contributed by atoms with Crippen LogP contribution in [-0.2, 0) is 0 Å².